The van der Waals surface area contributed by atoms with Crippen molar-refractivity contribution >= 4 is 23.7 Å². The van der Waals surface area contributed by atoms with Gasteiger partial charge in [0.2, 0.25) is 5.78 Å². The Labute approximate surface area is 144 Å². The second-order valence-electron chi connectivity index (χ2n) is 6.01. The Morgan fingerprint density at radius 1 is 1.28 bits per heavy atom. The molecule has 2 rings (SSSR count). The summed E-state index contributed by atoms with van der Waals surface area (Å²) < 4.78 is 17.9. The second kappa shape index (κ2) is 7.00. The van der Waals surface area contributed by atoms with Crippen LogP contribution < -0.4 is 5.32 Å². The molecule has 0 unspecified atom stereocenters. The van der Waals surface area contributed by atoms with Crippen molar-refractivity contribution in [1.29, 1.82) is 0 Å². The first kappa shape index (κ1) is 18.6. The van der Waals surface area contributed by atoms with Gasteiger partial charge in [-0.3, -0.25) is 19.3 Å². The molecular weight excluding hydrogens is 331 g/mol. The highest BCUT2D eigenvalue weighted by Crippen LogP contribution is 2.20. The number of Topliss-reactive ketones (excluding diaryl/α,β-unsaturated/α-hetero) is 1. The van der Waals surface area contributed by atoms with Gasteiger partial charge in [0, 0.05) is 5.56 Å². The van der Waals surface area contributed by atoms with Crippen molar-refractivity contribution in [3.63, 3.8) is 0 Å². The molecule has 25 heavy (non-hydrogen) atoms. The normalized spacial score (nSPS) is 21.0. The summed E-state index contributed by atoms with van der Waals surface area (Å²) in [5.41, 5.74) is -0.859. The molecule has 1 heterocycles. The number of imide groups is 1. The Kier molecular flexibility index (Phi) is 5.20. The summed E-state index contributed by atoms with van der Waals surface area (Å²) in [6, 6.07) is 4.14. The zero-order valence-electron chi connectivity index (χ0n) is 14.2. The largest absolute Gasteiger partial charge is 0.453 e. The van der Waals surface area contributed by atoms with Crippen molar-refractivity contribution in [2.24, 2.45) is 0 Å². The predicted molar refractivity (Wildman–Crippen MR) is 85.2 cm³/mol. The number of nitrogens with one attached hydrogen (secondary N) is 1. The standard InChI is InChI=1S/C17H19FN2O5/c1-4-17(3)15(23)20(16(24)19-17)9-13(21)25-10(2)14(22)11-5-7-12(18)8-6-11/h5-8,10H,4,9H2,1-3H3,(H,19,24)/t10-,17-/m0/s1. The summed E-state index contributed by atoms with van der Waals surface area (Å²) in [4.78, 5) is 49.0. The van der Waals surface area contributed by atoms with E-state index in [-0.39, 0.29) is 5.56 Å². The molecule has 1 aliphatic rings. The molecule has 0 saturated carbocycles. The molecule has 0 aromatic heterocycles. The minimum absolute atomic E-state index is 0.190. The van der Waals surface area contributed by atoms with Crippen LogP contribution in [0.5, 0.6) is 0 Å². The lowest BCUT2D eigenvalue weighted by Crippen LogP contribution is -2.43. The number of nitrogens with zero attached hydrogens (tertiary/aromatic N) is 1. The minimum Gasteiger partial charge on any atom is -0.453 e. The first-order valence-corrected chi connectivity index (χ1v) is 7.81. The monoisotopic (exact) mass is 350 g/mol. The van der Waals surface area contributed by atoms with Gasteiger partial charge in [-0.25, -0.2) is 9.18 Å². The summed E-state index contributed by atoms with van der Waals surface area (Å²) in [6.45, 7) is 4.09. The SMILES string of the molecule is CC[C@]1(C)NC(=O)N(CC(=O)O[C@@H](C)C(=O)c2ccc(F)cc2)C1=O. The third-order valence-corrected chi connectivity index (χ3v) is 4.15. The summed E-state index contributed by atoms with van der Waals surface area (Å²) in [7, 11) is 0. The average Bonchev–Trinajstić information content (AvgIpc) is 2.78. The van der Waals surface area contributed by atoms with Crippen molar-refractivity contribution < 1.29 is 28.3 Å². The van der Waals surface area contributed by atoms with E-state index in [1.165, 1.54) is 19.1 Å². The first-order valence-electron chi connectivity index (χ1n) is 7.81. The van der Waals surface area contributed by atoms with Crippen LogP contribution in [0, 0.1) is 5.82 Å². The van der Waals surface area contributed by atoms with Crippen molar-refractivity contribution in [2.75, 3.05) is 6.54 Å². The summed E-state index contributed by atoms with van der Waals surface area (Å²) >= 11 is 0. The van der Waals surface area contributed by atoms with E-state index >= 15 is 0 Å². The van der Waals surface area contributed by atoms with Crippen LogP contribution in [0.4, 0.5) is 9.18 Å². The highest BCUT2D eigenvalue weighted by Gasteiger charge is 2.47. The highest BCUT2D eigenvalue weighted by atomic mass is 19.1. The number of carbonyl (C=O) groups excluding carboxylic acids is 4. The Morgan fingerprint density at radius 2 is 1.88 bits per heavy atom. The van der Waals surface area contributed by atoms with E-state index < -0.39 is 47.7 Å². The van der Waals surface area contributed by atoms with Crippen LogP contribution in [-0.4, -0.2) is 46.8 Å². The van der Waals surface area contributed by atoms with Gasteiger partial charge < -0.3 is 10.1 Å². The minimum atomic E-state index is -1.13. The third-order valence-electron chi connectivity index (χ3n) is 4.15. The Balaban J connectivity index is 1.98. The van der Waals surface area contributed by atoms with E-state index in [9.17, 15) is 23.6 Å². The smallest absolute Gasteiger partial charge is 0.326 e. The van der Waals surface area contributed by atoms with Gasteiger partial charge in [0.1, 0.15) is 17.9 Å². The molecular formula is C17H19FN2O5. The van der Waals surface area contributed by atoms with Gasteiger partial charge in [0.15, 0.2) is 6.10 Å². The molecule has 8 heteroatoms. The number of benzene rings is 1. The molecule has 2 atom stereocenters. The number of esters is 1. The van der Waals surface area contributed by atoms with Crippen molar-refractivity contribution in [3.05, 3.63) is 35.6 Å². The van der Waals surface area contributed by atoms with Crippen molar-refractivity contribution in [1.82, 2.24) is 10.2 Å². The second-order valence-corrected chi connectivity index (χ2v) is 6.01. The van der Waals surface area contributed by atoms with E-state index in [4.69, 9.17) is 4.74 Å². The lowest BCUT2D eigenvalue weighted by molar-refractivity contribution is -0.149. The van der Waals surface area contributed by atoms with Crippen LogP contribution in [0.2, 0.25) is 0 Å². The van der Waals surface area contributed by atoms with Gasteiger partial charge in [0.05, 0.1) is 0 Å². The molecule has 1 aromatic rings. The molecule has 7 nitrogen and oxygen atoms in total. The molecule has 1 aromatic carbocycles. The number of halogens is 1. The zero-order chi connectivity index (χ0) is 18.8. The van der Waals surface area contributed by atoms with E-state index in [1.807, 2.05) is 0 Å². The predicted octanol–water partition coefficient (Wildman–Crippen LogP) is 1.66. The molecule has 134 valence electrons. The number of rotatable bonds is 6. The van der Waals surface area contributed by atoms with Gasteiger partial charge in [0.25, 0.3) is 5.91 Å². The third kappa shape index (κ3) is 3.84. The number of ether oxygens (including phenoxy) is 1. The molecule has 0 aliphatic carbocycles. The molecule has 1 fully saturated rings. The highest BCUT2D eigenvalue weighted by molar-refractivity contribution is 6.08. The van der Waals surface area contributed by atoms with Gasteiger partial charge in [-0.2, -0.15) is 0 Å². The Morgan fingerprint density at radius 3 is 2.40 bits per heavy atom. The molecule has 0 bridgehead atoms. The van der Waals surface area contributed by atoms with Gasteiger partial charge in [-0.05, 0) is 44.5 Å². The van der Waals surface area contributed by atoms with Crippen LogP contribution in [0.25, 0.3) is 0 Å². The number of urea groups is 1. The number of amides is 3. The molecule has 1 aliphatic heterocycles. The number of hydrogen-bond donors (Lipinski definition) is 1. The fraction of sp³-hybridized carbons (Fsp3) is 0.412. The number of ketones is 1. The summed E-state index contributed by atoms with van der Waals surface area (Å²) in [5, 5.41) is 2.52. The zero-order valence-corrected chi connectivity index (χ0v) is 14.2. The molecule has 0 radical (unpaired) electrons. The maximum atomic E-state index is 12.9. The van der Waals surface area contributed by atoms with Gasteiger partial charge in [-0.15, -0.1) is 0 Å². The first-order chi connectivity index (χ1) is 11.7. The number of carbonyl (C=O) groups is 4. The fourth-order valence-corrected chi connectivity index (χ4v) is 2.40. The summed E-state index contributed by atoms with van der Waals surface area (Å²) in [6.07, 6.45) is -0.751. The molecule has 0 spiro atoms. The van der Waals surface area contributed by atoms with E-state index in [2.05, 4.69) is 5.32 Å². The average molecular weight is 350 g/mol. The lowest BCUT2D eigenvalue weighted by atomic mass is 9.99. The Bertz CT molecular complexity index is 718. The van der Waals surface area contributed by atoms with E-state index in [0.717, 1.165) is 17.0 Å². The van der Waals surface area contributed by atoms with E-state index in [0.29, 0.717) is 6.42 Å². The molecule has 3 amide bonds. The maximum Gasteiger partial charge on any atom is 0.326 e. The van der Waals surface area contributed by atoms with Crippen molar-refractivity contribution in [2.45, 2.75) is 38.8 Å². The van der Waals surface area contributed by atoms with Crippen LogP contribution in [-0.2, 0) is 14.3 Å². The molecule has 1 N–H and O–H groups in total. The van der Waals surface area contributed by atoms with E-state index in [1.54, 1.807) is 13.8 Å². The number of hydrogen-bond acceptors (Lipinski definition) is 5. The fourth-order valence-electron chi connectivity index (χ4n) is 2.40. The topological polar surface area (TPSA) is 92.8 Å². The van der Waals surface area contributed by atoms with Crippen molar-refractivity contribution in [3.8, 4) is 0 Å². The van der Waals surface area contributed by atoms with Gasteiger partial charge in [-0.1, -0.05) is 6.92 Å². The molecule has 1 saturated heterocycles. The Hall–Kier alpha value is -2.77. The van der Waals surface area contributed by atoms with Crippen LogP contribution in [0.15, 0.2) is 24.3 Å². The summed E-state index contributed by atoms with van der Waals surface area (Å²) in [5.74, 6) is -2.40. The van der Waals surface area contributed by atoms with Gasteiger partial charge >= 0.3 is 12.0 Å². The van der Waals surface area contributed by atoms with Crippen LogP contribution >= 0.6 is 0 Å². The lowest BCUT2D eigenvalue weighted by Gasteiger charge is -2.19. The van der Waals surface area contributed by atoms with Crippen LogP contribution in [0.3, 0.4) is 0 Å². The maximum absolute atomic E-state index is 12.9. The van der Waals surface area contributed by atoms with Crippen LogP contribution in [0.1, 0.15) is 37.6 Å². The quantitative estimate of drug-likeness (QED) is 0.478.